The number of amides is 1. The maximum Gasteiger partial charge on any atom is 0.220 e. The van der Waals surface area contributed by atoms with Crippen molar-refractivity contribution in [2.24, 2.45) is 0 Å². The summed E-state index contributed by atoms with van der Waals surface area (Å²) < 4.78 is 0. The van der Waals surface area contributed by atoms with E-state index in [1.54, 1.807) is 6.92 Å². The van der Waals surface area contributed by atoms with Gasteiger partial charge in [-0.25, -0.2) is 0 Å². The van der Waals surface area contributed by atoms with Crippen LogP contribution in [0.15, 0.2) is 36.5 Å². The van der Waals surface area contributed by atoms with Gasteiger partial charge >= 0.3 is 0 Å². The van der Waals surface area contributed by atoms with Crippen LogP contribution in [0, 0.1) is 0 Å². The number of rotatable bonds is 17. The molecule has 0 saturated heterocycles. The summed E-state index contributed by atoms with van der Waals surface area (Å²) in [6.07, 6.45) is 26.9. The fourth-order valence-electron chi connectivity index (χ4n) is 2.55. The molecule has 0 spiro atoms. The van der Waals surface area contributed by atoms with Crippen molar-refractivity contribution in [3.05, 3.63) is 36.5 Å². The van der Waals surface area contributed by atoms with E-state index in [0.29, 0.717) is 6.42 Å². The molecule has 0 heterocycles. The molecule has 1 atom stereocenters. The molecule has 0 saturated carbocycles. The number of unbranched alkanes of at least 4 members (excludes halogenated alkanes) is 7. The Labute approximate surface area is 161 Å². The van der Waals surface area contributed by atoms with Gasteiger partial charge in [0.15, 0.2) is 0 Å². The first-order valence-corrected chi connectivity index (χ1v) is 10.6. The van der Waals surface area contributed by atoms with Gasteiger partial charge in [-0.2, -0.15) is 0 Å². The average Bonchev–Trinajstić information content (AvgIpc) is 2.64. The van der Waals surface area contributed by atoms with Crippen molar-refractivity contribution in [2.75, 3.05) is 6.61 Å². The average molecular weight is 364 g/mol. The molecule has 0 aliphatic rings. The molecule has 0 aliphatic heterocycles. The van der Waals surface area contributed by atoms with E-state index in [-0.39, 0.29) is 18.6 Å². The van der Waals surface area contributed by atoms with Gasteiger partial charge < -0.3 is 10.4 Å². The van der Waals surface area contributed by atoms with Crippen molar-refractivity contribution < 1.29 is 9.90 Å². The lowest BCUT2D eigenvalue weighted by molar-refractivity contribution is -0.122. The van der Waals surface area contributed by atoms with E-state index < -0.39 is 0 Å². The second-order valence-corrected chi connectivity index (χ2v) is 6.97. The molecule has 0 unspecified atom stereocenters. The monoisotopic (exact) mass is 363 g/mol. The van der Waals surface area contributed by atoms with Gasteiger partial charge in [0.05, 0.1) is 6.61 Å². The lowest BCUT2D eigenvalue weighted by Crippen LogP contribution is -2.34. The fourth-order valence-corrected chi connectivity index (χ4v) is 2.55. The predicted molar refractivity (Wildman–Crippen MR) is 113 cm³/mol. The van der Waals surface area contributed by atoms with Gasteiger partial charge in [-0.05, 0) is 64.7 Å². The Kier molecular flexibility index (Phi) is 18.9. The Morgan fingerprint density at radius 2 is 1.35 bits per heavy atom. The number of hydrogen-bond donors (Lipinski definition) is 2. The highest BCUT2D eigenvalue weighted by molar-refractivity contribution is 5.76. The van der Waals surface area contributed by atoms with Gasteiger partial charge in [0, 0.05) is 12.5 Å². The molecule has 0 fully saturated rings. The third-order valence-corrected chi connectivity index (χ3v) is 4.19. The Balaban J connectivity index is 3.39. The molecule has 2 N–H and O–H groups in total. The van der Waals surface area contributed by atoms with Crippen LogP contribution in [0.1, 0.15) is 90.9 Å². The van der Waals surface area contributed by atoms with Crippen LogP contribution in [-0.2, 0) is 4.79 Å². The van der Waals surface area contributed by atoms with E-state index in [1.807, 2.05) is 0 Å². The second kappa shape index (κ2) is 20.0. The number of carbonyl (C=O) groups is 1. The summed E-state index contributed by atoms with van der Waals surface area (Å²) in [4.78, 5) is 11.5. The zero-order valence-corrected chi connectivity index (χ0v) is 17.1. The van der Waals surface area contributed by atoms with Gasteiger partial charge in [-0.15, -0.1) is 0 Å². The van der Waals surface area contributed by atoms with Crippen LogP contribution in [0.5, 0.6) is 0 Å². The first-order valence-electron chi connectivity index (χ1n) is 10.6. The van der Waals surface area contributed by atoms with Crippen molar-refractivity contribution in [1.29, 1.82) is 0 Å². The fraction of sp³-hybridized carbons (Fsp3) is 0.696. The Bertz CT molecular complexity index is 399. The molecule has 0 rings (SSSR count). The smallest absolute Gasteiger partial charge is 0.220 e. The molecule has 0 aromatic carbocycles. The van der Waals surface area contributed by atoms with E-state index in [9.17, 15) is 4.79 Å². The van der Waals surface area contributed by atoms with Crippen LogP contribution in [-0.4, -0.2) is 23.7 Å². The van der Waals surface area contributed by atoms with E-state index in [1.165, 1.54) is 51.4 Å². The lowest BCUT2D eigenvalue weighted by atomic mass is 10.1. The molecule has 1 amide bonds. The summed E-state index contributed by atoms with van der Waals surface area (Å²) in [6, 6.07) is -0.148. The summed E-state index contributed by atoms with van der Waals surface area (Å²) in [5.41, 5.74) is 0. The minimum absolute atomic E-state index is 0.00622. The zero-order valence-electron chi connectivity index (χ0n) is 17.1. The van der Waals surface area contributed by atoms with Crippen LogP contribution in [0.3, 0.4) is 0 Å². The number of carbonyl (C=O) groups excluding carboxylic acids is 1. The maximum absolute atomic E-state index is 11.5. The van der Waals surface area contributed by atoms with E-state index >= 15 is 0 Å². The minimum Gasteiger partial charge on any atom is -0.394 e. The highest BCUT2D eigenvalue weighted by Gasteiger charge is 2.04. The van der Waals surface area contributed by atoms with Crippen LogP contribution < -0.4 is 5.32 Å². The van der Waals surface area contributed by atoms with E-state index in [0.717, 1.165) is 19.3 Å². The second-order valence-electron chi connectivity index (χ2n) is 6.97. The first kappa shape index (κ1) is 24.7. The molecule has 0 aliphatic carbocycles. The normalized spacial score (nSPS) is 13.2. The van der Waals surface area contributed by atoms with E-state index in [2.05, 4.69) is 48.7 Å². The molecule has 0 radical (unpaired) electrons. The Morgan fingerprint density at radius 3 is 1.88 bits per heavy atom. The summed E-state index contributed by atoms with van der Waals surface area (Å²) in [5, 5.41) is 11.6. The van der Waals surface area contributed by atoms with Gasteiger partial charge in [0.2, 0.25) is 5.91 Å². The quantitative estimate of drug-likeness (QED) is 0.251. The van der Waals surface area contributed by atoms with Crippen molar-refractivity contribution in [2.45, 2.75) is 96.9 Å². The third kappa shape index (κ3) is 19.0. The largest absolute Gasteiger partial charge is 0.394 e. The van der Waals surface area contributed by atoms with Gasteiger partial charge in [0.25, 0.3) is 0 Å². The number of hydrogen-bond acceptors (Lipinski definition) is 2. The molecule has 3 nitrogen and oxygen atoms in total. The Hall–Kier alpha value is -1.35. The van der Waals surface area contributed by atoms with Crippen molar-refractivity contribution in [3.8, 4) is 0 Å². The molecule has 0 aromatic heterocycles. The summed E-state index contributed by atoms with van der Waals surface area (Å²) in [5.74, 6) is 0.0238. The molecular weight excluding hydrogens is 322 g/mol. The minimum atomic E-state index is -0.148. The standard InChI is InChI=1S/C23H41NO2/c1-3-4-5-6-7-8-9-10-11-12-13-14-15-16-17-18-19-20-23(26)24-22(2)21-25/h7-8,13-14,16-17,22,25H,3-6,9-12,15,18-21H2,1-2H3,(H,24,26)/t22-/m1/s1. The van der Waals surface area contributed by atoms with Crippen LogP contribution in [0.25, 0.3) is 0 Å². The van der Waals surface area contributed by atoms with Crippen LogP contribution >= 0.6 is 0 Å². The summed E-state index contributed by atoms with van der Waals surface area (Å²) in [7, 11) is 0. The van der Waals surface area contributed by atoms with E-state index in [4.69, 9.17) is 5.11 Å². The number of aliphatic hydroxyl groups excluding tert-OH is 1. The molecule has 150 valence electrons. The number of allylic oxidation sites excluding steroid dienone is 6. The molecule has 3 heteroatoms. The van der Waals surface area contributed by atoms with Gasteiger partial charge in [-0.3, -0.25) is 4.79 Å². The van der Waals surface area contributed by atoms with Crippen molar-refractivity contribution in [3.63, 3.8) is 0 Å². The van der Waals surface area contributed by atoms with Crippen LogP contribution in [0.2, 0.25) is 0 Å². The predicted octanol–water partition coefficient (Wildman–Crippen LogP) is 5.85. The summed E-state index contributed by atoms with van der Waals surface area (Å²) in [6.45, 7) is 4.04. The molecule has 0 bridgehead atoms. The van der Waals surface area contributed by atoms with Crippen molar-refractivity contribution in [1.82, 2.24) is 5.32 Å². The molecule has 26 heavy (non-hydrogen) atoms. The first-order chi connectivity index (χ1) is 12.7. The number of aliphatic hydroxyl groups is 1. The SMILES string of the molecule is CCCCCC=CCCCCC=CCC=CCCCC(=O)N[C@H](C)CO. The van der Waals surface area contributed by atoms with Crippen molar-refractivity contribution >= 4 is 5.91 Å². The zero-order chi connectivity index (χ0) is 19.3. The lowest BCUT2D eigenvalue weighted by Gasteiger charge is -2.09. The third-order valence-electron chi connectivity index (χ3n) is 4.19. The van der Waals surface area contributed by atoms with Gasteiger partial charge in [0.1, 0.15) is 0 Å². The number of nitrogens with one attached hydrogen (secondary N) is 1. The molecular formula is C23H41NO2. The van der Waals surface area contributed by atoms with Gasteiger partial charge in [-0.1, -0.05) is 56.2 Å². The van der Waals surface area contributed by atoms with Crippen LogP contribution in [0.4, 0.5) is 0 Å². The molecule has 0 aromatic rings. The maximum atomic E-state index is 11.5. The summed E-state index contributed by atoms with van der Waals surface area (Å²) >= 11 is 0. The Morgan fingerprint density at radius 1 is 0.846 bits per heavy atom. The topological polar surface area (TPSA) is 49.3 Å². The highest BCUT2D eigenvalue weighted by Crippen LogP contribution is 2.05. The highest BCUT2D eigenvalue weighted by atomic mass is 16.3.